The zero-order valence-corrected chi connectivity index (χ0v) is 9.94. The highest BCUT2D eigenvalue weighted by Crippen LogP contribution is 1.96. The van der Waals surface area contributed by atoms with Crippen molar-refractivity contribution in [3.63, 3.8) is 0 Å². The minimum Gasteiger partial charge on any atom is -0.377 e. The molecular formula is C12H25NO. The van der Waals surface area contributed by atoms with Crippen LogP contribution >= 0.6 is 0 Å². The van der Waals surface area contributed by atoms with Crippen molar-refractivity contribution in [3.8, 4) is 0 Å². The molecule has 0 heterocycles. The van der Waals surface area contributed by atoms with E-state index >= 15 is 0 Å². The lowest BCUT2D eigenvalue weighted by Crippen LogP contribution is -2.15. The summed E-state index contributed by atoms with van der Waals surface area (Å²) in [4.78, 5) is 0. The lowest BCUT2D eigenvalue weighted by Gasteiger charge is -2.03. The molecule has 0 bridgehead atoms. The Balaban J connectivity index is 3.27. The van der Waals surface area contributed by atoms with Crippen LogP contribution in [0.1, 0.15) is 40.0 Å². The molecule has 0 amide bonds. The van der Waals surface area contributed by atoms with Crippen LogP contribution in [0.15, 0.2) is 11.6 Å². The molecule has 0 aromatic rings. The predicted octanol–water partition coefficient (Wildman–Crippen LogP) is 2.75. The molecule has 84 valence electrons. The van der Waals surface area contributed by atoms with Gasteiger partial charge in [-0.1, -0.05) is 25.5 Å². The molecule has 0 atom stereocenters. The van der Waals surface area contributed by atoms with Crippen molar-refractivity contribution in [3.05, 3.63) is 11.6 Å². The third kappa shape index (κ3) is 9.75. The van der Waals surface area contributed by atoms with E-state index in [0.717, 1.165) is 39.1 Å². The van der Waals surface area contributed by atoms with Gasteiger partial charge < -0.3 is 10.1 Å². The van der Waals surface area contributed by atoms with Gasteiger partial charge in [0.05, 0.1) is 6.61 Å². The van der Waals surface area contributed by atoms with Crippen molar-refractivity contribution >= 4 is 0 Å². The fourth-order valence-electron chi connectivity index (χ4n) is 1.16. The summed E-state index contributed by atoms with van der Waals surface area (Å²) in [6, 6.07) is 0. The van der Waals surface area contributed by atoms with Gasteiger partial charge in [0.1, 0.15) is 0 Å². The number of hydrogen-bond donors (Lipinski definition) is 1. The minimum atomic E-state index is 0.793. The van der Waals surface area contributed by atoms with E-state index in [-0.39, 0.29) is 0 Å². The number of hydrogen-bond acceptors (Lipinski definition) is 2. The fraction of sp³-hybridized carbons (Fsp3) is 0.833. The van der Waals surface area contributed by atoms with Crippen molar-refractivity contribution in [1.29, 1.82) is 0 Å². The molecule has 0 aliphatic rings. The zero-order chi connectivity index (χ0) is 10.6. The first kappa shape index (κ1) is 13.7. The molecular weight excluding hydrogens is 174 g/mol. The molecule has 0 unspecified atom stereocenters. The van der Waals surface area contributed by atoms with E-state index in [4.69, 9.17) is 4.74 Å². The van der Waals surface area contributed by atoms with Crippen LogP contribution in [0.25, 0.3) is 0 Å². The minimum absolute atomic E-state index is 0.793. The Labute approximate surface area is 88.7 Å². The van der Waals surface area contributed by atoms with Crippen LogP contribution in [-0.2, 0) is 4.74 Å². The number of rotatable bonds is 9. The van der Waals surface area contributed by atoms with Gasteiger partial charge in [-0.05, 0) is 39.3 Å². The lowest BCUT2D eigenvalue weighted by molar-refractivity contribution is 0.156. The summed E-state index contributed by atoms with van der Waals surface area (Å²) in [5.41, 5.74) is 1.34. The smallest absolute Gasteiger partial charge is 0.0674 e. The molecule has 0 aromatic carbocycles. The maximum Gasteiger partial charge on any atom is 0.0674 e. The van der Waals surface area contributed by atoms with E-state index < -0.39 is 0 Å². The van der Waals surface area contributed by atoms with Gasteiger partial charge in [0.15, 0.2) is 0 Å². The average molecular weight is 199 g/mol. The molecule has 0 radical (unpaired) electrons. The van der Waals surface area contributed by atoms with Crippen LogP contribution in [0.4, 0.5) is 0 Å². The molecule has 0 spiro atoms. The molecule has 0 saturated carbocycles. The molecule has 2 nitrogen and oxygen atoms in total. The first-order valence-corrected chi connectivity index (χ1v) is 5.75. The molecule has 1 N–H and O–H groups in total. The van der Waals surface area contributed by atoms with Gasteiger partial charge in [-0.3, -0.25) is 0 Å². The molecule has 0 aromatic heterocycles. The number of nitrogens with one attached hydrogen (secondary N) is 1. The molecule has 0 aliphatic heterocycles. The molecule has 0 aliphatic carbocycles. The second kappa shape index (κ2) is 10.7. The Morgan fingerprint density at radius 1 is 1.21 bits per heavy atom. The van der Waals surface area contributed by atoms with Crippen LogP contribution < -0.4 is 5.32 Å². The molecule has 0 saturated heterocycles. The van der Waals surface area contributed by atoms with Crippen molar-refractivity contribution < 1.29 is 4.74 Å². The van der Waals surface area contributed by atoms with Gasteiger partial charge in [0, 0.05) is 6.61 Å². The summed E-state index contributed by atoms with van der Waals surface area (Å²) in [5, 5.41) is 3.37. The topological polar surface area (TPSA) is 21.3 Å². The van der Waals surface area contributed by atoms with Crippen molar-refractivity contribution in [2.75, 3.05) is 26.3 Å². The molecule has 14 heavy (non-hydrogen) atoms. The van der Waals surface area contributed by atoms with Gasteiger partial charge >= 0.3 is 0 Å². The monoisotopic (exact) mass is 199 g/mol. The Kier molecular flexibility index (Phi) is 10.5. The highest BCUT2D eigenvalue weighted by Gasteiger charge is 1.89. The lowest BCUT2D eigenvalue weighted by atomic mass is 10.2. The number of ether oxygens (including phenoxy) is 1. The van der Waals surface area contributed by atoms with Crippen LogP contribution in [0.3, 0.4) is 0 Å². The zero-order valence-electron chi connectivity index (χ0n) is 9.94. The highest BCUT2D eigenvalue weighted by atomic mass is 16.5. The SMILES string of the molecule is CCCNCCC=C(C)COCCC. The predicted molar refractivity (Wildman–Crippen MR) is 62.6 cm³/mol. The van der Waals surface area contributed by atoms with Gasteiger partial charge in [0.2, 0.25) is 0 Å². The van der Waals surface area contributed by atoms with Crippen molar-refractivity contribution in [1.82, 2.24) is 5.32 Å². The molecule has 0 fully saturated rings. The Morgan fingerprint density at radius 3 is 2.64 bits per heavy atom. The second-order valence-corrected chi connectivity index (χ2v) is 3.64. The Morgan fingerprint density at radius 2 is 2.00 bits per heavy atom. The standard InChI is InChI=1S/C12H25NO/c1-4-8-13-9-6-7-12(3)11-14-10-5-2/h7,13H,4-6,8-11H2,1-3H3. The van der Waals surface area contributed by atoms with E-state index in [1.54, 1.807) is 0 Å². The maximum atomic E-state index is 5.43. The maximum absolute atomic E-state index is 5.43. The summed E-state index contributed by atoms with van der Waals surface area (Å²) >= 11 is 0. The second-order valence-electron chi connectivity index (χ2n) is 3.64. The van der Waals surface area contributed by atoms with Gasteiger partial charge in [-0.15, -0.1) is 0 Å². The van der Waals surface area contributed by atoms with Crippen molar-refractivity contribution in [2.45, 2.75) is 40.0 Å². The molecule has 2 heteroatoms. The Bertz CT molecular complexity index is 143. The van der Waals surface area contributed by atoms with E-state index in [1.807, 2.05) is 0 Å². The van der Waals surface area contributed by atoms with Gasteiger partial charge in [-0.2, -0.15) is 0 Å². The van der Waals surface area contributed by atoms with Gasteiger partial charge in [0.25, 0.3) is 0 Å². The average Bonchev–Trinajstić information content (AvgIpc) is 2.18. The largest absolute Gasteiger partial charge is 0.377 e. The van der Waals surface area contributed by atoms with E-state index in [1.165, 1.54) is 12.0 Å². The van der Waals surface area contributed by atoms with E-state index in [9.17, 15) is 0 Å². The van der Waals surface area contributed by atoms with Crippen LogP contribution in [0, 0.1) is 0 Å². The summed E-state index contributed by atoms with van der Waals surface area (Å²) in [7, 11) is 0. The first-order chi connectivity index (χ1) is 6.81. The van der Waals surface area contributed by atoms with Crippen LogP contribution in [0.5, 0.6) is 0 Å². The summed E-state index contributed by atoms with van der Waals surface area (Å²) in [6.45, 7) is 10.3. The molecule has 0 rings (SSSR count). The quantitative estimate of drug-likeness (QED) is 0.455. The van der Waals surface area contributed by atoms with E-state index in [2.05, 4.69) is 32.2 Å². The van der Waals surface area contributed by atoms with E-state index in [0.29, 0.717) is 0 Å². The summed E-state index contributed by atoms with van der Waals surface area (Å²) in [5.74, 6) is 0. The highest BCUT2D eigenvalue weighted by molar-refractivity contribution is 4.98. The van der Waals surface area contributed by atoms with Crippen LogP contribution in [0.2, 0.25) is 0 Å². The third-order valence-electron chi connectivity index (χ3n) is 1.92. The summed E-state index contributed by atoms with van der Waals surface area (Å²) in [6.07, 6.45) is 5.69. The van der Waals surface area contributed by atoms with Gasteiger partial charge in [-0.25, -0.2) is 0 Å². The van der Waals surface area contributed by atoms with Crippen molar-refractivity contribution in [2.24, 2.45) is 0 Å². The summed E-state index contributed by atoms with van der Waals surface area (Å²) < 4.78 is 5.43. The fourth-order valence-corrected chi connectivity index (χ4v) is 1.16. The Hall–Kier alpha value is -0.340. The van der Waals surface area contributed by atoms with Crippen LogP contribution in [-0.4, -0.2) is 26.3 Å². The first-order valence-electron chi connectivity index (χ1n) is 5.75. The third-order valence-corrected chi connectivity index (χ3v) is 1.92. The normalized spacial score (nSPS) is 12.1.